The van der Waals surface area contributed by atoms with Crippen LogP contribution in [0.3, 0.4) is 0 Å². The molecule has 1 aliphatic heterocycles. The largest absolute Gasteiger partial charge is 0.353 e. The Balaban J connectivity index is 2.39. The van der Waals surface area contributed by atoms with Crippen molar-refractivity contribution in [2.45, 2.75) is 34.6 Å². The van der Waals surface area contributed by atoms with Crippen LogP contribution in [0.5, 0.6) is 0 Å². The second-order valence-electron chi connectivity index (χ2n) is 7.74. The minimum absolute atomic E-state index is 0.0405. The SMILES string of the molecule is CCN1CCN(c2ncnc(N(CC(C)C)CC(C)C)c2[N+](=O)[O-])CC1. The molecule has 8 heteroatoms. The number of anilines is 2. The maximum Gasteiger partial charge on any atom is 0.353 e. The fourth-order valence-corrected chi connectivity index (χ4v) is 3.39. The van der Waals surface area contributed by atoms with Crippen LogP contribution in [0, 0.1) is 22.0 Å². The van der Waals surface area contributed by atoms with E-state index in [1.807, 2.05) is 9.80 Å². The molecule has 0 bridgehead atoms. The first-order chi connectivity index (χ1) is 12.3. The minimum atomic E-state index is -0.315. The minimum Gasteiger partial charge on any atom is -0.350 e. The molecule has 26 heavy (non-hydrogen) atoms. The molecule has 2 heterocycles. The summed E-state index contributed by atoms with van der Waals surface area (Å²) in [5.41, 5.74) is 0.0405. The molecule has 1 aliphatic rings. The predicted octanol–water partition coefficient (Wildman–Crippen LogP) is 2.65. The summed E-state index contributed by atoms with van der Waals surface area (Å²) in [6.45, 7) is 16.4. The zero-order chi connectivity index (χ0) is 19.3. The number of rotatable bonds is 8. The zero-order valence-electron chi connectivity index (χ0n) is 16.7. The van der Waals surface area contributed by atoms with Gasteiger partial charge >= 0.3 is 5.69 Å². The lowest BCUT2D eigenvalue weighted by Crippen LogP contribution is -2.46. The van der Waals surface area contributed by atoms with Crippen LogP contribution in [0.1, 0.15) is 34.6 Å². The molecule has 0 N–H and O–H groups in total. The number of aromatic nitrogens is 2. The molecule has 1 aromatic heterocycles. The molecule has 0 spiro atoms. The van der Waals surface area contributed by atoms with Crippen molar-refractivity contribution in [1.82, 2.24) is 14.9 Å². The third-order valence-corrected chi connectivity index (χ3v) is 4.56. The Morgan fingerprint density at radius 1 is 1.12 bits per heavy atom. The van der Waals surface area contributed by atoms with E-state index in [1.165, 1.54) is 6.33 Å². The van der Waals surface area contributed by atoms with Gasteiger partial charge in [0.1, 0.15) is 6.33 Å². The van der Waals surface area contributed by atoms with E-state index in [1.54, 1.807) is 0 Å². The summed E-state index contributed by atoms with van der Waals surface area (Å²) >= 11 is 0. The van der Waals surface area contributed by atoms with Crippen molar-refractivity contribution < 1.29 is 4.92 Å². The van der Waals surface area contributed by atoms with E-state index in [2.05, 4.69) is 49.5 Å². The third-order valence-electron chi connectivity index (χ3n) is 4.56. The van der Waals surface area contributed by atoms with Gasteiger partial charge in [-0.15, -0.1) is 0 Å². The topological polar surface area (TPSA) is 78.6 Å². The van der Waals surface area contributed by atoms with Crippen LogP contribution in [0.25, 0.3) is 0 Å². The number of hydrogen-bond acceptors (Lipinski definition) is 7. The fraction of sp³-hybridized carbons (Fsp3) is 0.778. The highest BCUT2D eigenvalue weighted by atomic mass is 16.6. The van der Waals surface area contributed by atoms with Crippen molar-refractivity contribution >= 4 is 17.3 Å². The van der Waals surface area contributed by atoms with E-state index < -0.39 is 0 Å². The molecule has 0 unspecified atom stereocenters. The lowest BCUT2D eigenvalue weighted by Gasteiger charge is -2.35. The lowest BCUT2D eigenvalue weighted by molar-refractivity contribution is -0.383. The van der Waals surface area contributed by atoms with E-state index in [4.69, 9.17) is 0 Å². The highest BCUT2D eigenvalue weighted by molar-refractivity contribution is 5.71. The number of nitrogens with zero attached hydrogens (tertiary/aromatic N) is 6. The second-order valence-corrected chi connectivity index (χ2v) is 7.74. The smallest absolute Gasteiger partial charge is 0.350 e. The fourth-order valence-electron chi connectivity index (χ4n) is 3.39. The summed E-state index contributed by atoms with van der Waals surface area (Å²) in [6, 6.07) is 0. The summed E-state index contributed by atoms with van der Waals surface area (Å²) in [7, 11) is 0. The van der Waals surface area contributed by atoms with Gasteiger partial charge in [0.2, 0.25) is 11.6 Å². The standard InChI is InChI=1S/C18H32N6O2/c1-6-21-7-9-22(10-8-21)17-16(24(25)26)18(20-13-19-17)23(11-14(2)3)12-15(4)5/h13-15H,6-12H2,1-5H3. The van der Waals surface area contributed by atoms with Gasteiger partial charge in [-0.25, -0.2) is 9.97 Å². The van der Waals surface area contributed by atoms with Crippen LogP contribution in [-0.2, 0) is 0 Å². The first kappa shape index (κ1) is 20.4. The third kappa shape index (κ3) is 5.03. The maximum atomic E-state index is 11.9. The van der Waals surface area contributed by atoms with Gasteiger partial charge in [-0.2, -0.15) is 0 Å². The van der Waals surface area contributed by atoms with Gasteiger partial charge in [-0.1, -0.05) is 34.6 Å². The summed E-state index contributed by atoms with van der Waals surface area (Å²) in [4.78, 5) is 26.7. The molecule has 1 saturated heterocycles. The Kier molecular flexibility index (Phi) is 7.14. The van der Waals surface area contributed by atoms with Crippen LogP contribution in [0.2, 0.25) is 0 Å². The summed E-state index contributed by atoms with van der Waals surface area (Å²) in [5.74, 6) is 1.67. The predicted molar refractivity (Wildman–Crippen MR) is 105 cm³/mol. The van der Waals surface area contributed by atoms with Gasteiger partial charge in [-0.05, 0) is 18.4 Å². The summed E-state index contributed by atoms with van der Waals surface area (Å²) < 4.78 is 0. The molecule has 1 fully saturated rings. The number of nitro groups is 1. The molecule has 0 saturated carbocycles. The molecule has 0 amide bonds. The van der Waals surface area contributed by atoms with Crippen molar-refractivity contribution in [3.8, 4) is 0 Å². The number of hydrogen-bond donors (Lipinski definition) is 0. The van der Waals surface area contributed by atoms with Crippen molar-refractivity contribution in [2.24, 2.45) is 11.8 Å². The van der Waals surface area contributed by atoms with Crippen molar-refractivity contribution in [1.29, 1.82) is 0 Å². The molecule has 0 radical (unpaired) electrons. The van der Waals surface area contributed by atoms with E-state index in [0.717, 1.165) is 45.8 Å². The molecule has 0 aromatic carbocycles. The molecular formula is C18H32N6O2. The molecule has 146 valence electrons. The Hall–Kier alpha value is -1.96. The van der Waals surface area contributed by atoms with Gasteiger partial charge < -0.3 is 14.7 Å². The first-order valence-electron chi connectivity index (χ1n) is 9.55. The van der Waals surface area contributed by atoms with E-state index in [0.29, 0.717) is 23.5 Å². The van der Waals surface area contributed by atoms with Gasteiger partial charge in [0.25, 0.3) is 0 Å². The lowest BCUT2D eigenvalue weighted by atomic mass is 10.1. The van der Waals surface area contributed by atoms with Gasteiger partial charge in [0, 0.05) is 39.3 Å². The molecular weight excluding hydrogens is 332 g/mol. The summed E-state index contributed by atoms with van der Waals surface area (Å²) in [5, 5.41) is 11.9. The Labute approximate surface area is 156 Å². The van der Waals surface area contributed by atoms with Gasteiger partial charge in [-0.3, -0.25) is 10.1 Å². The van der Waals surface area contributed by atoms with Crippen LogP contribution in [0.4, 0.5) is 17.3 Å². The van der Waals surface area contributed by atoms with Crippen molar-refractivity contribution in [2.75, 3.05) is 55.6 Å². The van der Waals surface area contributed by atoms with Crippen molar-refractivity contribution in [3.05, 3.63) is 16.4 Å². The maximum absolute atomic E-state index is 11.9. The zero-order valence-corrected chi connectivity index (χ0v) is 16.7. The summed E-state index contributed by atoms with van der Waals surface area (Å²) in [6.07, 6.45) is 1.47. The van der Waals surface area contributed by atoms with Crippen molar-refractivity contribution in [3.63, 3.8) is 0 Å². The highest BCUT2D eigenvalue weighted by Crippen LogP contribution is 2.35. The van der Waals surface area contributed by atoms with Crippen LogP contribution in [-0.4, -0.2) is 65.6 Å². The Bertz CT molecular complexity index is 589. The average molecular weight is 364 g/mol. The number of piperazine rings is 1. The Morgan fingerprint density at radius 3 is 2.15 bits per heavy atom. The number of likely N-dealkylation sites (N-methyl/N-ethyl adjacent to an activating group) is 1. The average Bonchev–Trinajstić information content (AvgIpc) is 2.59. The second kappa shape index (κ2) is 9.12. The van der Waals surface area contributed by atoms with Gasteiger partial charge in [0.15, 0.2) is 0 Å². The molecule has 1 aromatic rings. The van der Waals surface area contributed by atoms with E-state index in [-0.39, 0.29) is 10.6 Å². The van der Waals surface area contributed by atoms with Crippen LogP contribution >= 0.6 is 0 Å². The molecule has 0 aliphatic carbocycles. The van der Waals surface area contributed by atoms with Crippen LogP contribution in [0.15, 0.2) is 6.33 Å². The highest BCUT2D eigenvalue weighted by Gasteiger charge is 2.31. The molecule has 0 atom stereocenters. The van der Waals surface area contributed by atoms with E-state index >= 15 is 0 Å². The van der Waals surface area contributed by atoms with Crippen LogP contribution < -0.4 is 9.80 Å². The Morgan fingerprint density at radius 2 is 1.69 bits per heavy atom. The first-order valence-corrected chi connectivity index (χ1v) is 9.55. The normalized spacial score (nSPS) is 15.7. The van der Waals surface area contributed by atoms with E-state index in [9.17, 15) is 10.1 Å². The molecule has 8 nitrogen and oxygen atoms in total. The van der Waals surface area contributed by atoms with Gasteiger partial charge in [0.05, 0.1) is 4.92 Å². The quantitative estimate of drug-likeness (QED) is 0.518. The monoisotopic (exact) mass is 364 g/mol. The molecule has 2 rings (SSSR count).